The summed E-state index contributed by atoms with van der Waals surface area (Å²) in [7, 11) is 0. The molecule has 0 bridgehead atoms. The molecule has 1 aliphatic rings. The minimum absolute atomic E-state index is 0.0423. The van der Waals surface area contributed by atoms with Crippen molar-refractivity contribution in [1.29, 1.82) is 0 Å². The number of hydrogen-bond acceptors (Lipinski definition) is 4. The van der Waals surface area contributed by atoms with Crippen LogP contribution in [0.2, 0.25) is 0 Å². The fourth-order valence-electron chi connectivity index (χ4n) is 3.44. The zero-order chi connectivity index (χ0) is 21.1. The number of rotatable bonds is 4. The summed E-state index contributed by atoms with van der Waals surface area (Å²) in [5.74, 6) is -1.63. The zero-order valence-electron chi connectivity index (χ0n) is 16.0. The molecular weight excluding hydrogens is 387 g/mol. The monoisotopic (exact) mass is 406 g/mol. The number of carboxylic acid groups (broad SMARTS) is 1. The summed E-state index contributed by atoms with van der Waals surface area (Å²) >= 11 is 0. The number of carbonyl (C=O) groups is 2. The van der Waals surface area contributed by atoms with Crippen LogP contribution in [-0.2, 0) is 6.54 Å². The summed E-state index contributed by atoms with van der Waals surface area (Å²) in [6.45, 7) is 1.43. The van der Waals surface area contributed by atoms with Gasteiger partial charge in [0.2, 0.25) is 0 Å². The van der Waals surface area contributed by atoms with Gasteiger partial charge in [0.25, 0.3) is 5.91 Å². The molecule has 30 heavy (non-hydrogen) atoms. The molecule has 7 heteroatoms. The van der Waals surface area contributed by atoms with Crippen LogP contribution in [-0.4, -0.2) is 30.1 Å². The molecule has 0 aromatic heterocycles. The third kappa shape index (κ3) is 3.96. The van der Waals surface area contributed by atoms with Gasteiger partial charge < -0.3 is 20.1 Å². The number of fused-ring (bicyclic) bond motifs is 1. The second kappa shape index (κ2) is 8.24. The standard InChI is InChI=1S/C23H19FN2O4/c24-19-7-3-2-6-17(19)22(27)25-16-9-10-20(18(13-16)23(28)29)26-11-12-30-21-8-4-1-5-15(21)14-26/h1-10,13H,11-12,14H2,(H,25,27)(H,28,29). The number of hydrogen-bond donors (Lipinski definition) is 2. The number of ether oxygens (including phenoxy) is 1. The van der Waals surface area contributed by atoms with E-state index in [4.69, 9.17) is 4.74 Å². The van der Waals surface area contributed by atoms with Gasteiger partial charge in [-0.15, -0.1) is 0 Å². The van der Waals surface area contributed by atoms with E-state index in [1.807, 2.05) is 29.2 Å². The summed E-state index contributed by atoms with van der Waals surface area (Å²) in [6.07, 6.45) is 0. The van der Waals surface area contributed by atoms with Crippen LogP contribution in [0.25, 0.3) is 0 Å². The van der Waals surface area contributed by atoms with E-state index in [1.165, 1.54) is 24.3 Å². The highest BCUT2D eigenvalue weighted by Crippen LogP contribution is 2.30. The van der Waals surface area contributed by atoms with E-state index in [2.05, 4.69) is 5.32 Å². The number of anilines is 2. The lowest BCUT2D eigenvalue weighted by Crippen LogP contribution is -2.27. The zero-order valence-corrected chi connectivity index (χ0v) is 16.0. The molecule has 0 saturated carbocycles. The van der Waals surface area contributed by atoms with Crippen molar-refractivity contribution in [3.05, 3.63) is 89.2 Å². The van der Waals surface area contributed by atoms with Crippen molar-refractivity contribution in [2.45, 2.75) is 6.54 Å². The van der Waals surface area contributed by atoms with Crippen LogP contribution in [0.5, 0.6) is 5.75 Å². The first-order chi connectivity index (χ1) is 14.5. The van der Waals surface area contributed by atoms with E-state index in [1.54, 1.807) is 18.2 Å². The van der Waals surface area contributed by atoms with E-state index >= 15 is 0 Å². The van der Waals surface area contributed by atoms with Gasteiger partial charge in [0.15, 0.2) is 0 Å². The van der Waals surface area contributed by atoms with Gasteiger partial charge in [-0.25, -0.2) is 9.18 Å². The van der Waals surface area contributed by atoms with Crippen molar-refractivity contribution >= 4 is 23.3 Å². The smallest absolute Gasteiger partial charge is 0.337 e. The number of nitrogens with one attached hydrogen (secondary N) is 1. The van der Waals surface area contributed by atoms with Crippen LogP contribution >= 0.6 is 0 Å². The van der Waals surface area contributed by atoms with Crippen molar-refractivity contribution in [3.63, 3.8) is 0 Å². The summed E-state index contributed by atoms with van der Waals surface area (Å²) in [4.78, 5) is 26.2. The Hall–Kier alpha value is -3.87. The Bertz CT molecular complexity index is 1120. The van der Waals surface area contributed by atoms with Crippen LogP contribution in [0, 0.1) is 5.82 Å². The summed E-state index contributed by atoms with van der Waals surface area (Å²) in [6, 6.07) is 17.9. The average molecular weight is 406 g/mol. The first-order valence-electron chi connectivity index (χ1n) is 9.42. The van der Waals surface area contributed by atoms with Gasteiger partial charge in [-0.3, -0.25) is 4.79 Å². The first-order valence-corrected chi connectivity index (χ1v) is 9.42. The van der Waals surface area contributed by atoms with Crippen LogP contribution in [0.15, 0.2) is 66.7 Å². The number of para-hydroxylation sites is 1. The quantitative estimate of drug-likeness (QED) is 0.680. The molecule has 0 atom stereocenters. The Morgan fingerprint density at radius 3 is 2.57 bits per heavy atom. The molecule has 0 aliphatic carbocycles. The molecule has 4 rings (SSSR count). The van der Waals surface area contributed by atoms with E-state index in [-0.39, 0.29) is 16.8 Å². The maximum Gasteiger partial charge on any atom is 0.337 e. The summed E-state index contributed by atoms with van der Waals surface area (Å²) in [5, 5.41) is 12.3. The van der Waals surface area contributed by atoms with Gasteiger partial charge in [-0.1, -0.05) is 30.3 Å². The van der Waals surface area contributed by atoms with Gasteiger partial charge in [-0.05, 0) is 36.4 Å². The van der Waals surface area contributed by atoms with Gasteiger partial charge in [0.05, 0.1) is 23.4 Å². The van der Waals surface area contributed by atoms with Crippen molar-refractivity contribution in [1.82, 2.24) is 0 Å². The van der Waals surface area contributed by atoms with Crippen molar-refractivity contribution < 1.29 is 23.8 Å². The predicted octanol–water partition coefficient (Wildman–Crippen LogP) is 4.18. The molecule has 1 aliphatic heterocycles. The average Bonchev–Trinajstić information content (AvgIpc) is 2.96. The molecule has 1 amide bonds. The van der Waals surface area contributed by atoms with E-state index in [0.717, 1.165) is 11.3 Å². The maximum absolute atomic E-state index is 13.8. The minimum Gasteiger partial charge on any atom is -0.491 e. The molecule has 152 valence electrons. The highest BCUT2D eigenvalue weighted by Gasteiger charge is 2.21. The minimum atomic E-state index is -1.12. The maximum atomic E-state index is 13.8. The first kappa shape index (κ1) is 19.4. The number of halogens is 1. The van der Waals surface area contributed by atoms with Gasteiger partial charge in [0.1, 0.15) is 18.2 Å². The van der Waals surface area contributed by atoms with Crippen LogP contribution < -0.4 is 15.0 Å². The molecule has 3 aromatic carbocycles. The molecule has 0 fully saturated rings. The predicted molar refractivity (Wildman–Crippen MR) is 111 cm³/mol. The Morgan fingerprint density at radius 1 is 1.00 bits per heavy atom. The van der Waals surface area contributed by atoms with Gasteiger partial charge >= 0.3 is 5.97 Å². The Balaban J connectivity index is 1.62. The van der Waals surface area contributed by atoms with Crippen LogP contribution in [0.4, 0.5) is 15.8 Å². The fourth-order valence-corrected chi connectivity index (χ4v) is 3.44. The number of benzene rings is 3. The van der Waals surface area contributed by atoms with Crippen LogP contribution in [0.3, 0.4) is 0 Å². The number of nitrogens with zero attached hydrogens (tertiary/aromatic N) is 1. The molecule has 0 radical (unpaired) electrons. The van der Waals surface area contributed by atoms with Crippen molar-refractivity contribution in [2.24, 2.45) is 0 Å². The SMILES string of the molecule is O=C(Nc1ccc(N2CCOc3ccccc3C2)c(C(=O)O)c1)c1ccccc1F. The Labute approximate surface area is 172 Å². The molecule has 0 saturated heterocycles. The largest absolute Gasteiger partial charge is 0.491 e. The van der Waals surface area contributed by atoms with Crippen molar-refractivity contribution in [2.75, 3.05) is 23.4 Å². The molecule has 0 unspecified atom stereocenters. The third-order valence-electron chi connectivity index (χ3n) is 4.90. The normalized spacial score (nSPS) is 13.0. The molecule has 3 aromatic rings. The molecular formula is C23H19FN2O4. The van der Waals surface area contributed by atoms with Gasteiger partial charge in [0, 0.05) is 17.8 Å². The lowest BCUT2D eigenvalue weighted by molar-refractivity contribution is 0.0697. The van der Waals surface area contributed by atoms with Crippen LogP contribution in [0.1, 0.15) is 26.3 Å². The molecule has 1 heterocycles. The lowest BCUT2D eigenvalue weighted by atomic mass is 10.1. The van der Waals surface area contributed by atoms with E-state index in [0.29, 0.717) is 25.4 Å². The number of carbonyl (C=O) groups excluding carboxylic acids is 1. The molecule has 0 spiro atoms. The fraction of sp³-hybridized carbons (Fsp3) is 0.130. The lowest BCUT2D eigenvalue weighted by Gasteiger charge is -2.24. The number of carboxylic acids is 1. The van der Waals surface area contributed by atoms with E-state index < -0.39 is 17.7 Å². The Morgan fingerprint density at radius 2 is 1.77 bits per heavy atom. The van der Waals surface area contributed by atoms with Crippen molar-refractivity contribution in [3.8, 4) is 5.75 Å². The number of amides is 1. The Kier molecular flexibility index (Phi) is 5.34. The second-order valence-electron chi connectivity index (χ2n) is 6.85. The number of aromatic carboxylic acids is 1. The highest BCUT2D eigenvalue weighted by atomic mass is 19.1. The summed E-state index contributed by atoms with van der Waals surface area (Å²) in [5.41, 5.74) is 1.69. The summed E-state index contributed by atoms with van der Waals surface area (Å²) < 4.78 is 19.6. The molecule has 6 nitrogen and oxygen atoms in total. The topological polar surface area (TPSA) is 78.9 Å². The van der Waals surface area contributed by atoms with Gasteiger partial charge in [-0.2, -0.15) is 0 Å². The second-order valence-corrected chi connectivity index (χ2v) is 6.85. The third-order valence-corrected chi connectivity index (χ3v) is 4.90. The molecule has 2 N–H and O–H groups in total. The highest BCUT2D eigenvalue weighted by molar-refractivity contribution is 6.05. The van der Waals surface area contributed by atoms with E-state index in [9.17, 15) is 19.1 Å².